The van der Waals surface area contributed by atoms with Crippen LogP contribution in [0, 0.1) is 0 Å². The summed E-state index contributed by atoms with van der Waals surface area (Å²) < 4.78 is 0. The van der Waals surface area contributed by atoms with E-state index in [-0.39, 0.29) is 0 Å². The molecule has 0 saturated carbocycles. The summed E-state index contributed by atoms with van der Waals surface area (Å²) in [7, 11) is 0. The van der Waals surface area contributed by atoms with Gasteiger partial charge in [-0.25, -0.2) is 0 Å². The molecule has 0 radical (unpaired) electrons. The monoisotopic (exact) mass is 258 g/mol. The Kier molecular flexibility index (Phi) is 3.57. The van der Waals surface area contributed by atoms with Crippen molar-refractivity contribution in [2.24, 2.45) is 0 Å². The van der Waals surface area contributed by atoms with Crippen molar-refractivity contribution in [1.29, 1.82) is 0 Å². The third-order valence-corrected chi connectivity index (χ3v) is 3.51. The summed E-state index contributed by atoms with van der Waals surface area (Å²) in [4.78, 5) is 0. The lowest BCUT2D eigenvalue weighted by Gasteiger charge is -2.01. The molecule has 15 heavy (non-hydrogen) atoms. The van der Waals surface area contributed by atoms with Gasteiger partial charge in [0.1, 0.15) is 10.5 Å². The fraction of sp³-hybridized carbons (Fsp3) is 0.200. The summed E-state index contributed by atoms with van der Waals surface area (Å²) in [5, 5.41) is 10.0. The fourth-order valence-electron chi connectivity index (χ4n) is 1.25. The Hall–Kier alpha value is -0.640. The molecule has 0 aliphatic rings. The number of halogens is 2. The van der Waals surface area contributed by atoms with Crippen LogP contribution in [0.15, 0.2) is 23.7 Å². The molecule has 0 aliphatic heterocycles. The van der Waals surface area contributed by atoms with E-state index in [9.17, 15) is 0 Å². The summed E-state index contributed by atoms with van der Waals surface area (Å²) in [6, 6.07) is 5.69. The minimum absolute atomic E-state index is 0.594. The standard InChI is InChI=1S/C10H8Cl2N2S/c11-8-3-1-7(5-9(8)12)2-4-10-14-13-6-15-10/h1,3,5-6H,2,4H2. The van der Waals surface area contributed by atoms with Crippen LogP contribution >= 0.6 is 34.5 Å². The molecule has 0 atom stereocenters. The van der Waals surface area contributed by atoms with Crippen molar-refractivity contribution in [3.8, 4) is 0 Å². The largest absolute Gasteiger partial charge is 0.147 e. The van der Waals surface area contributed by atoms with Crippen LogP contribution in [0.1, 0.15) is 10.6 Å². The molecule has 0 spiro atoms. The van der Waals surface area contributed by atoms with Gasteiger partial charge in [-0.05, 0) is 24.1 Å². The number of hydrogen-bond acceptors (Lipinski definition) is 3. The SMILES string of the molecule is Clc1ccc(CCc2nncs2)cc1Cl. The Morgan fingerprint density at radius 2 is 2.00 bits per heavy atom. The number of benzene rings is 1. The van der Waals surface area contributed by atoms with Crippen molar-refractivity contribution >= 4 is 34.5 Å². The number of hydrogen-bond donors (Lipinski definition) is 0. The molecule has 1 aromatic carbocycles. The maximum absolute atomic E-state index is 5.92. The Balaban J connectivity index is 2.02. The summed E-state index contributed by atoms with van der Waals surface area (Å²) >= 11 is 13.3. The lowest BCUT2D eigenvalue weighted by atomic mass is 10.1. The van der Waals surface area contributed by atoms with Crippen molar-refractivity contribution in [2.75, 3.05) is 0 Å². The summed E-state index contributed by atoms with van der Waals surface area (Å²) in [5.74, 6) is 0. The summed E-state index contributed by atoms with van der Waals surface area (Å²) in [6.07, 6.45) is 1.80. The van der Waals surface area contributed by atoms with Gasteiger partial charge in [-0.1, -0.05) is 29.3 Å². The van der Waals surface area contributed by atoms with Crippen molar-refractivity contribution in [3.63, 3.8) is 0 Å². The molecule has 78 valence electrons. The molecule has 5 heteroatoms. The van der Waals surface area contributed by atoms with Crippen molar-refractivity contribution in [3.05, 3.63) is 44.3 Å². The fourth-order valence-corrected chi connectivity index (χ4v) is 2.10. The predicted octanol–water partition coefficient (Wildman–Crippen LogP) is 3.63. The van der Waals surface area contributed by atoms with Crippen LogP contribution in [0.3, 0.4) is 0 Å². The molecule has 0 amide bonds. The van der Waals surface area contributed by atoms with E-state index in [1.54, 1.807) is 16.8 Å². The van der Waals surface area contributed by atoms with Crippen molar-refractivity contribution < 1.29 is 0 Å². The van der Waals surface area contributed by atoms with Crippen LogP contribution in [-0.4, -0.2) is 10.2 Å². The van der Waals surface area contributed by atoms with E-state index in [0.717, 1.165) is 17.8 Å². The third-order valence-electron chi connectivity index (χ3n) is 2.02. The number of rotatable bonds is 3. The smallest absolute Gasteiger partial charge is 0.117 e. The summed E-state index contributed by atoms with van der Waals surface area (Å²) in [5.41, 5.74) is 2.91. The van der Waals surface area contributed by atoms with Gasteiger partial charge in [0.25, 0.3) is 0 Å². The van der Waals surface area contributed by atoms with E-state index < -0.39 is 0 Å². The molecule has 0 saturated heterocycles. The second-order valence-electron chi connectivity index (χ2n) is 3.08. The molecule has 1 heterocycles. The first-order valence-electron chi connectivity index (χ1n) is 4.44. The highest BCUT2D eigenvalue weighted by molar-refractivity contribution is 7.09. The lowest BCUT2D eigenvalue weighted by Crippen LogP contribution is -1.90. The average Bonchev–Trinajstić information content (AvgIpc) is 2.73. The highest BCUT2D eigenvalue weighted by Crippen LogP contribution is 2.23. The van der Waals surface area contributed by atoms with Gasteiger partial charge in [0, 0.05) is 6.42 Å². The molecule has 0 aliphatic carbocycles. The van der Waals surface area contributed by atoms with Crippen molar-refractivity contribution in [2.45, 2.75) is 12.8 Å². The van der Waals surface area contributed by atoms with Crippen LogP contribution in [0.4, 0.5) is 0 Å². The van der Waals surface area contributed by atoms with Gasteiger partial charge < -0.3 is 0 Å². The zero-order chi connectivity index (χ0) is 10.7. The Morgan fingerprint density at radius 3 is 2.67 bits per heavy atom. The molecule has 2 nitrogen and oxygen atoms in total. The van der Waals surface area contributed by atoms with Gasteiger partial charge in [0.05, 0.1) is 10.0 Å². The van der Waals surface area contributed by atoms with E-state index in [0.29, 0.717) is 10.0 Å². The third kappa shape index (κ3) is 2.91. The topological polar surface area (TPSA) is 25.8 Å². The maximum Gasteiger partial charge on any atom is 0.117 e. The van der Waals surface area contributed by atoms with Gasteiger partial charge in [0.2, 0.25) is 0 Å². The van der Waals surface area contributed by atoms with Crippen LogP contribution in [-0.2, 0) is 12.8 Å². The van der Waals surface area contributed by atoms with Gasteiger partial charge in [0.15, 0.2) is 0 Å². The minimum Gasteiger partial charge on any atom is -0.147 e. The van der Waals surface area contributed by atoms with E-state index in [4.69, 9.17) is 23.2 Å². The van der Waals surface area contributed by atoms with Gasteiger partial charge in [-0.15, -0.1) is 21.5 Å². The van der Waals surface area contributed by atoms with E-state index in [2.05, 4.69) is 10.2 Å². The Morgan fingerprint density at radius 1 is 1.13 bits per heavy atom. The number of aryl methyl sites for hydroxylation is 2. The molecule has 1 aromatic heterocycles. The molecule has 2 rings (SSSR count). The van der Waals surface area contributed by atoms with Crippen LogP contribution in [0.5, 0.6) is 0 Å². The normalized spacial score (nSPS) is 10.5. The average molecular weight is 259 g/mol. The molecular formula is C10H8Cl2N2S. The molecule has 0 bridgehead atoms. The van der Waals surface area contributed by atoms with E-state index in [1.165, 1.54) is 5.56 Å². The zero-order valence-electron chi connectivity index (χ0n) is 7.78. The van der Waals surface area contributed by atoms with Gasteiger partial charge in [-0.3, -0.25) is 0 Å². The Labute approximate surface area is 102 Å². The summed E-state index contributed by atoms with van der Waals surface area (Å²) in [6.45, 7) is 0. The second-order valence-corrected chi connectivity index (χ2v) is 4.81. The molecule has 0 N–H and O–H groups in total. The molecular weight excluding hydrogens is 251 g/mol. The highest BCUT2D eigenvalue weighted by Gasteiger charge is 2.01. The van der Waals surface area contributed by atoms with Crippen LogP contribution in [0.25, 0.3) is 0 Å². The minimum atomic E-state index is 0.594. The molecule has 0 fully saturated rings. The van der Waals surface area contributed by atoms with Gasteiger partial charge in [-0.2, -0.15) is 0 Å². The first kappa shape index (κ1) is 10.9. The van der Waals surface area contributed by atoms with E-state index in [1.807, 2.05) is 18.2 Å². The molecule has 0 unspecified atom stereocenters. The first-order chi connectivity index (χ1) is 7.25. The Bertz CT molecular complexity index is 443. The predicted molar refractivity (Wildman–Crippen MR) is 63.8 cm³/mol. The number of aromatic nitrogens is 2. The van der Waals surface area contributed by atoms with Gasteiger partial charge >= 0.3 is 0 Å². The highest BCUT2D eigenvalue weighted by atomic mass is 35.5. The lowest BCUT2D eigenvalue weighted by molar-refractivity contribution is 0.904. The van der Waals surface area contributed by atoms with Crippen LogP contribution in [0.2, 0.25) is 10.0 Å². The quantitative estimate of drug-likeness (QED) is 0.841. The first-order valence-corrected chi connectivity index (χ1v) is 6.08. The number of nitrogens with zero attached hydrogens (tertiary/aromatic N) is 2. The maximum atomic E-state index is 5.92. The van der Waals surface area contributed by atoms with E-state index >= 15 is 0 Å². The van der Waals surface area contributed by atoms with Crippen molar-refractivity contribution in [1.82, 2.24) is 10.2 Å². The molecule has 2 aromatic rings. The van der Waals surface area contributed by atoms with Crippen LogP contribution < -0.4 is 0 Å². The zero-order valence-corrected chi connectivity index (χ0v) is 10.1. The second kappa shape index (κ2) is 4.92.